The Balaban J connectivity index is 4.96. The number of allylic oxidation sites excluding steroid dienone is 1. The Hall–Kier alpha value is -0.990. The van der Waals surface area contributed by atoms with Crippen molar-refractivity contribution in [2.75, 3.05) is 0 Å². The van der Waals surface area contributed by atoms with E-state index in [9.17, 15) is 4.79 Å². The molecule has 0 heterocycles. The monoisotopic (exact) mass is 326 g/mol. The molecule has 0 spiro atoms. The van der Waals surface area contributed by atoms with Gasteiger partial charge in [0.2, 0.25) is 0 Å². The molecule has 0 aliphatic carbocycles. The first-order valence-electron chi connectivity index (χ1n) is 8.69. The van der Waals surface area contributed by atoms with Crippen LogP contribution in [-0.4, -0.2) is 17.9 Å². The van der Waals surface area contributed by atoms with Crippen LogP contribution >= 0.6 is 0 Å². The molecular formula is C20H38O3. The second kappa shape index (κ2) is 7.72. The molecule has 0 rings (SSSR count). The van der Waals surface area contributed by atoms with Crippen LogP contribution in [0, 0.1) is 22.7 Å². The molecule has 0 fully saturated rings. The zero-order valence-corrected chi connectivity index (χ0v) is 17.1. The maximum atomic E-state index is 12.0. The van der Waals surface area contributed by atoms with Crippen molar-refractivity contribution in [2.24, 2.45) is 22.7 Å². The van der Waals surface area contributed by atoms with Crippen LogP contribution in [0.4, 0.5) is 4.79 Å². The summed E-state index contributed by atoms with van der Waals surface area (Å²) in [5.74, 6) is 0.705. The van der Waals surface area contributed by atoms with E-state index in [1.165, 1.54) is 0 Å². The molecule has 0 aromatic rings. The Kier molecular flexibility index (Phi) is 7.39. The molecular weight excluding hydrogens is 288 g/mol. The zero-order valence-electron chi connectivity index (χ0n) is 17.1. The molecule has 0 saturated carbocycles. The van der Waals surface area contributed by atoms with E-state index in [1.54, 1.807) is 0 Å². The molecule has 0 saturated heterocycles. The van der Waals surface area contributed by atoms with Gasteiger partial charge in [0.1, 0.15) is 11.7 Å². The van der Waals surface area contributed by atoms with Gasteiger partial charge in [0.15, 0.2) is 0 Å². The second-order valence-electron chi connectivity index (χ2n) is 9.16. The third-order valence-electron chi connectivity index (χ3n) is 5.28. The minimum Gasteiger partial charge on any atom is -0.431 e. The zero-order chi connectivity index (χ0) is 18.6. The Bertz CT molecular complexity index is 411. The van der Waals surface area contributed by atoms with Crippen LogP contribution in [0.5, 0.6) is 0 Å². The van der Waals surface area contributed by atoms with Gasteiger partial charge in [-0.25, -0.2) is 4.79 Å². The van der Waals surface area contributed by atoms with Gasteiger partial charge in [-0.2, -0.15) is 0 Å². The van der Waals surface area contributed by atoms with Crippen LogP contribution in [0.1, 0.15) is 76.2 Å². The summed E-state index contributed by atoms with van der Waals surface area (Å²) < 4.78 is 11.0. The van der Waals surface area contributed by atoms with Gasteiger partial charge >= 0.3 is 6.16 Å². The van der Waals surface area contributed by atoms with Gasteiger partial charge in [0.25, 0.3) is 0 Å². The minimum atomic E-state index is -0.658. The van der Waals surface area contributed by atoms with E-state index < -0.39 is 11.8 Å². The molecule has 3 nitrogen and oxygen atoms in total. The lowest BCUT2D eigenvalue weighted by Crippen LogP contribution is -2.43. The van der Waals surface area contributed by atoms with Crippen molar-refractivity contribution in [3.8, 4) is 0 Å². The molecule has 0 bridgehead atoms. The maximum Gasteiger partial charge on any atom is 0.509 e. The third-order valence-corrected chi connectivity index (χ3v) is 5.28. The highest BCUT2D eigenvalue weighted by Crippen LogP contribution is 2.37. The standard InChI is InChI=1S/C20H38O3/c1-14(2)16(4)22-17(21)23-20(10,11)19(8,9)13-12-15(3)18(5,6)7/h12-16H,1-11H3/b13-12+. The fourth-order valence-electron chi connectivity index (χ4n) is 1.53. The van der Waals surface area contributed by atoms with Crippen LogP contribution in [0.2, 0.25) is 0 Å². The average Bonchev–Trinajstić information content (AvgIpc) is 2.33. The van der Waals surface area contributed by atoms with Crippen molar-refractivity contribution in [2.45, 2.75) is 87.9 Å². The second-order valence-corrected chi connectivity index (χ2v) is 9.16. The first-order valence-corrected chi connectivity index (χ1v) is 8.69. The van der Waals surface area contributed by atoms with Crippen molar-refractivity contribution < 1.29 is 14.3 Å². The molecule has 0 amide bonds. The molecule has 2 atom stereocenters. The third kappa shape index (κ3) is 6.97. The minimum absolute atomic E-state index is 0.155. The topological polar surface area (TPSA) is 35.5 Å². The number of carbonyl (C=O) groups excluding carboxylic acids is 1. The van der Waals surface area contributed by atoms with Crippen molar-refractivity contribution >= 4 is 6.16 Å². The van der Waals surface area contributed by atoms with E-state index in [0.29, 0.717) is 5.92 Å². The molecule has 136 valence electrons. The molecule has 23 heavy (non-hydrogen) atoms. The number of carbonyl (C=O) groups is 1. The summed E-state index contributed by atoms with van der Waals surface area (Å²) >= 11 is 0. The largest absolute Gasteiger partial charge is 0.509 e. The Labute approximate surface area is 143 Å². The predicted octanol–water partition coefficient (Wildman–Crippen LogP) is 6.23. The number of hydrogen-bond donors (Lipinski definition) is 0. The lowest BCUT2D eigenvalue weighted by molar-refractivity contribution is -0.0759. The van der Waals surface area contributed by atoms with Gasteiger partial charge in [-0.3, -0.25) is 0 Å². The van der Waals surface area contributed by atoms with Gasteiger partial charge < -0.3 is 9.47 Å². The summed E-state index contributed by atoms with van der Waals surface area (Å²) in [7, 11) is 0. The quantitative estimate of drug-likeness (QED) is 0.429. The van der Waals surface area contributed by atoms with E-state index in [4.69, 9.17) is 9.47 Å². The average molecular weight is 327 g/mol. The van der Waals surface area contributed by atoms with Crippen LogP contribution < -0.4 is 0 Å². The van der Waals surface area contributed by atoms with Gasteiger partial charge in [0, 0.05) is 5.41 Å². The summed E-state index contributed by atoms with van der Waals surface area (Å²) in [6, 6.07) is 0. The molecule has 2 unspecified atom stereocenters. The van der Waals surface area contributed by atoms with E-state index in [1.807, 2.05) is 34.6 Å². The van der Waals surface area contributed by atoms with E-state index in [-0.39, 0.29) is 22.9 Å². The van der Waals surface area contributed by atoms with Gasteiger partial charge in [-0.1, -0.05) is 67.5 Å². The molecule has 0 aromatic carbocycles. The summed E-state index contributed by atoms with van der Waals surface area (Å²) in [6.07, 6.45) is 3.62. The van der Waals surface area contributed by atoms with Crippen molar-refractivity contribution in [1.29, 1.82) is 0 Å². The smallest absolute Gasteiger partial charge is 0.431 e. The first kappa shape index (κ1) is 22.0. The molecule has 0 radical (unpaired) electrons. The normalized spacial score (nSPS) is 16.5. The van der Waals surface area contributed by atoms with Crippen molar-refractivity contribution in [3.05, 3.63) is 12.2 Å². The highest BCUT2D eigenvalue weighted by molar-refractivity contribution is 5.61. The summed E-state index contributed by atoms with van der Waals surface area (Å²) in [5, 5.41) is 0. The molecule has 0 aliphatic rings. The van der Waals surface area contributed by atoms with Crippen LogP contribution in [0.3, 0.4) is 0 Å². The Morgan fingerprint density at radius 3 is 1.78 bits per heavy atom. The summed E-state index contributed by atoms with van der Waals surface area (Å²) in [6.45, 7) is 22.8. The van der Waals surface area contributed by atoms with Crippen molar-refractivity contribution in [3.63, 3.8) is 0 Å². The predicted molar refractivity (Wildman–Crippen MR) is 97.5 cm³/mol. The molecule has 3 heteroatoms. The number of ether oxygens (including phenoxy) is 2. The van der Waals surface area contributed by atoms with E-state index >= 15 is 0 Å². The SMILES string of the molecule is CC(C)C(C)OC(=O)OC(C)(C)C(C)(C)/C=C/C(C)C(C)(C)C. The fraction of sp³-hybridized carbons (Fsp3) is 0.850. The first-order chi connectivity index (χ1) is 10.1. The molecule has 0 N–H and O–H groups in total. The molecule has 0 aliphatic heterocycles. The number of hydrogen-bond acceptors (Lipinski definition) is 3. The lowest BCUT2D eigenvalue weighted by Gasteiger charge is -2.39. The Morgan fingerprint density at radius 2 is 1.39 bits per heavy atom. The van der Waals surface area contributed by atoms with Crippen LogP contribution in [0.15, 0.2) is 12.2 Å². The van der Waals surface area contributed by atoms with Gasteiger partial charge in [0.05, 0.1) is 0 Å². The van der Waals surface area contributed by atoms with Gasteiger partial charge in [-0.05, 0) is 38.0 Å². The number of rotatable bonds is 6. The van der Waals surface area contributed by atoms with Gasteiger partial charge in [-0.15, -0.1) is 0 Å². The summed E-state index contributed by atoms with van der Waals surface area (Å²) in [5.41, 5.74) is -0.745. The van der Waals surface area contributed by atoms with E-state index in [0.717, 1.165) is 0 Å². The van der Waals surface area contributed by atoms with Crippen LogP contribution in [-0.2, 0) is 9.47 Å². The Morgan fingerprint density at radius 1 is 0.913 bits per heavy atom. The van der Waals surface area contributed by atoms with Crippen molar-refractivity contribution in [1.82, 2.24) is 0 Å². The van der Waals surface area contributed by atoms with E-state index in [2.05, 4.69) is 53.7 Å². The van der Waals surface area contributed by atoms with Crippen LogP contribution in [0.25, 0.3) is 0 Å². The fourth-order valence-corrected chi connectivity index (χ4v) is 1.53. The molecule has 0 aromatic heterocycles. The highest BCUT2D eigenvalue weighted by atomic mass is 16.7. The summed E-state index contributed by atoms with van der Waals surface area (Å²) in [4.78, 5) is 12.0. The highest BCUT2D eigenvalue weighted by Gasteiger charge is 2.39. The maximum absolute atomic E-state index is 12.0. The lowest BCUT2D eigenvalue weighted by atomic mass is 9.74.